The van der Waals surface area contributed by atoms with Gasteiger partial charge >= 0.3 is 0 Å². The molecule has 2 aromatic carbocycles. The Kier molecular flexibility index (Phi) is 3.56. The maximum absolute atomic E-state index is 6.06. The molecule has 18 heavy (non-hydrogen) atoms. The highest BCUT2D eigenvalue weighted by molar-refractivity contribution is 5.68. The summed E-state index contributed by atoms with van der Waals surface area (Å²) in [6, 6.07) is 16.9. The third kappa shape index (κ3) is 2.48. The lowest BCUT2D eigenvalue weighted by Gasteiger charge is -2.28. The largest absolute Gasteiger partial charge is 0.397 e. The monoisotopic (exact) mass is 240 g/mol. The van der Waals surface area contributed by atoms with E-state index in [9.17, 15) is 0 Å². The van der Waals surface area contributed by atoms with Crippen molar-refractivity contribution in [1.82, 2.24) is 0 Å². The molecule has 0 saturated heterocycles. The van der Waals surface area contributed by atoms with Crippen LogP contribution in [-0.2, 0) is 0 Å². The number of nitrogens with two attached hydrogens (primary N) is 1. The van der Waals surface area contributed by atoms with Crippen molar-refractivity contribution in [2.24, 2.45) is 0 Å². The number of aryl methyl sites for hydroxylation is 1. The Morgan fingerprint density at radius 3 is 2.39 bits per heavy atom. The zero-order valence-corrected chi connectivity index (χ0v) is 11.2. The predicted molar refractivity (Wildman–Crippen MR) is 78.9 cm³/mol. The average Bonchev–Trinajstić information content (AvgIpc) is 2.41. The SMILES string of the molecule is Cc1ccc(N)c(N(C)C(C)c2ccccc2)c1. The van der Waals surface area contributed by atoms with Crippen molar-refractivity contribution in [2.45, 2.75) is 19.9 Å². The molecule has 1 unspecified atom stereocenters. The van der Waals surface area contributed by atoms with Gasteiger partial charge in [-0.3, -0.25) is 0 Å². The minimum Gasteiger partial charge on any atom is -0.397 e. The fourth-order valence-corrected chi connectivity index (χ4v) is 2.12. The van der Waals surface area contributed by atoms with Gasteiger partial charge in [0, 0.05) is 7.05 Å². The van der Waals surface area contributed by atoms with Crippen molar-refractivity contribution in [3.63, 3.8) is 0 Å². The van der Waals surface area contributed by atoms with E-state index in [1.165, 1.54) is 11.1 Å². The molecule has 94 valence electrons. The molecule has 0 aliphatic carbocycles. The number of nitrogen functional groups attached to an aromatic ring is 1. The Labute approximate surface area is 109 Å². The van der Waals surface area contributed by atoms with Crippen LogP contribution < -0.4 is 10.6 Å². The lowest BCUT2D eigenvalue weighted by Crippen LogP contribution is -2.22. The highest BCUT2D eigenvalue weighted by atomic mass is 15.1. The molecule has 0 spiro atoms. The van der Waals surface area contributed by atoms with Crippen molar-refractivity contribution < 1.29 is 0 Å². The smallest absolute Gasteiger partial charge is 0.0605 e. The predicted octanol–water partition coefficient (Wildman–Crippen LogP) is 3.77. The van der Waals surface area contributed by atoms with Gasteiger partial charge in [0.25, 0.3) is 0 Å². The average molecular weight is 240 g/mol. The van der Waals surface area contributed by atoms with E-state index in [0.717, 1.165) is 11.4 Å². The first kappa shape index (κ1) is 12.5. The van der Waals surface area contributed by atoms with Crippen LogP contribution in [0.5, 0.6) is 0 Å². The number of rotatable bonds is 3. The van der Waals surface area contributed by atoms with Crippen molar-refractivity contribution in [1.29, 1.82) is 0 Å². The molecule has 0 aliphatic rings. The summed E-state index contributed by atoms with van der Waals surface area (Å²) in [5, 5.41) is 0. The zero-order valence-electron chi connectivity index (χ0n) is 11.2. The van der Waals surface area contributed by atoms with Crippen molar-refractivity contribution >= 4 is 11.4 Å². The van der Waals surface area contributed by atoms with Crippen LogP contribution >= 0.6 is 0 Å². The van der Waals surface area contributed by atoms with Gasteiger partial charge in [-0.05, 0) is 37.1 Å². The van der Waals surface area contributed by atoms with Crippen molar-refractivity contribution in [3.8, 4) is 0 Å². The Morgan fingerprint density at radius 1 is 1.06 bits per heavy atom. The third-order valence-corrected chi connectivity index (χ3v) is 3.43. The molecule has 0 saturated carbocycles. The lowest BCUT2D eigenvalue weighted by molar-refractivity contribution is 0.740. The standard InChI is InChI=1S/C16H20N2/c1-12-9-10-15(17)16(11-12)18(3)13(2)14-7-5-4-6-8-14/h4-11,13H,17H2,1-3H3. The first-order chi connectivity index (χ1) is 8.59. The third-order valence-electron chi connectivity index (χ3n) is 3.43. The van der Waals surface area contributed by atoms with Gasteiger partial charge in [-0.1, -0.05) is 36.4 Å². The van der Waals surface area contributed by atoms with Crippen molar-refractivity contribution in [2.75, 3.05) is 17.7 Å². The van der Waals surface area contributed by atoms with Crippen LogP contribution in [0.3, 0.4) is 0 Å². The second-order valence-electron chi connectivity index (χ2n) is 4.76. The molecule has 0 aliphatic heterocycles. The topological polar surface area (TPSA) is 29.3 Å². The van der Waals surface area contributed by atoms with Gasteiger partial charge in [0.05, 0.1) is 17.4 Å². The van der Waals surface area contributed by atoms with E-state index in [2.05, 4.69) is 56.1 Å². The molecule has 0 heterocycles. The summed E-state index contributed by atoms with van der Waals surface area (Å²) in [4.78, 5) is 2.22. The fraction of sp³-hybridized carbons (Fsp3) is 0.250. The van der Waals surface area contributed by atoms with Gasteiger partial charge in [0.1, 0.15) is 0 Å². The van der Waals surface area contributed by atoms with Crippen LogP contribution in [0.2, 0.25) is 0 Å². The minimum absolute atomic E-state index is 0.301. The van der Waals surface area contributed by atoms with Crippen LogP contribution in [0.4, 0.5) is 11.4 Å². The first-order valence-corrected chi connectivity index (χ1v) is 6.23. The molecule has 2 rings (SSSR count). The normalized spacial score (nSPS) is 12.2. The van der Waals surface area contributed by atoms with Crippen LogP contribution in [0, 0.1) is 6.92 Å². The molecule has 0 bridgehead atoms. The summed E-state index contributed by atoms with van der Waals surface area (Å²) in [6.45, 7) is 4.28. The molecule has 0 radical (unpaired) electrons. The Bertz CT molecular complexity index is 520. The van der Waals surface area contributed by atoms with Crippen LogP contribution in [0.1, 0.15) is 24.1 Å². The van der Waals surface area contributed by atoms with Crippen molar-refractivity contribution in [3.05, 3.63) is 59.7 Å². The molecule has 0 aromatic heterocycles. The van der Waals surface area contributed by atoms with Crippen LogP contribution in [0.25, 0.3) is 0 Å². The molecule has 2 heteroatoms. The van der Waals surface area contributed by atoms with E-state index in [4.69, 9.17) is 5.73 Å². The molecule has 2 nitrogen and oxygen atoms in total. The molecule has 0 fully saturated rings. The van der Waals surface area contributed by atoms with Gasteiger partial charge in [-0.15, -0.1) is 0 Å². The van der Waals surface area contributed by atoms with E-state index in [1.807, 2.05) is 18.2 Å². The fourth-order valence-electron chi connectivity index (χ4n) is 2.12. The highest BCUT2D eigenvalue weighted by Crippen LogP contribution is 2.30. The number of hydrogen-bond acceptors (Lipinski definition) is 2. The Balaban J connectivity index is 2.31. The Morgan fingerprint density at radius 2 is 1.72 bits per heavy atom. The first-order valence-electron chi connectivity index (χ1n) is 6.23. The second-order valence-corrected chi connectivity index (χ2v) is 4.76. The molecular weight excluding hydrogens is 220 g/mol. The quantitative estimate of drug-likeness (QED) is 0.827. The Hall–Kier alpha value is -1.96. The summed E-state index contributed by atoms with van der Waals surface area (Å²) in [5.74, 6) is 0. The summed E-state index contributed by atoms with van der Waals surface area (Å²) >= 11 is 0. The zero-order chi connectivity index (χ0) is 13.1. The van der Waals surface area contributed by atoms with E-state index in [-0.39, 0.29) is 0 Å². The maximum atomic E-state index is 6.06. The number of hydrogen-bond donors (Lipinski definition) is 1. The molecule has 0 amide bonds. The molecular formula is C16H20N2. The molecule has 2 N–H and O–H groups in total. The van der Waals surface area contributed by atoms with Gasteiger partial charge in [-0.25, -0.2) is 0 Å². The van der Waals surface area contributed by atoms with E-state index < -0.39 is 0 Å². The number of anilines is 2. The second kappa shape index (κ2) is 5.13. The van der Waals surface area contributed by atoms with Gasteiger partial charge < -0.3 is 10.6 Å². The highest BCUT2D eigenvalue weighted by Gasteiger charge is 2.14. The number of benzene rings is 2. The minimum atomic E-state index is 0.301. The van der Waals surface area contributed by atoms with Crippen LogP contribution in [-0.4, -0.2) is 7.05 Å². The molecule has 2 aromatic rings. The van der Waals surface area contributed by atoms with Gasteiger partial charge in [-0.2, -0.15) is 0 Å². The van der Waals surface area contributed by atoms with E-state index in [0.29, 0.717) is 6.04 Å². The van der Waals surface area contributed by atoms with Crippen LogP contribution in [0.15, 0.2) is 48.5 Å². The summed E-state index contributed by atoms with van der Waals surface area (Å²) in [6.07, 6.45) is 0. The summed E-state index contributed by atoms with van der Waals surface area (Å²) in [5.41, 5.74) is 10.5. The lowest BCUT2D eigenvalue weighted by atomic mass is 10.1. The summed E-state index contributed by atoms with van der Waals surface area (Å²) in [7, 11) is 2.09. The maximum Gasteiger partial charge on any atom is 0.0605 e. The van der Waals surface area contributed by atoms with E-state index in [1.54, 1.807) is 0 Å². The molecule has 1 atom stereocenters. The van der Waals surface area contributed by atoms with E-state index >= 15 is 0 Å². The number of nitrogens with zero attached hydrogens (tertiary/aromatic N) is 1. The van der Waals surface area contributed by atoms with Gasteiger partial charge in [0.15, 0.2) is 0 Å². The summed E-state index contributed by atoms with van der Waals surface area (Å²) < 4.78 is 0. The van der Waals surface area contributed by atoms with Gasteiger partial charge in [0.2, 0.25) is 0 Å².